The van der Waals surface area contributed by atoms with Crippen LogP contribution in [0.4, 0.5) is 0 Å². The Labute approximate surface area is 281 Å². The van der Waals surface area contributed by atoms with E-state index in [9.17, 15) is 0 Å². The van der Waals surface area contributed by atoms with Gasteiger partial charge in [0.2, 0.25) is 0 Å². The van der Waals surface area contributed by atoms with E-state index in [0.717, 1.165) is 60.5 Å². The summed E-state index contributed by atoms with van der Waals surface area (Å²) in [7, 11) is 0. The van der Waals surface area contributed by atoms with Gasteiger partial charge in [0.15, 0.2) is 17.5 Å². The summed E-state index contributed by atoms with van der Waals surface area (Å²) in [5, 5.41) is 4.85. The maximum Gasteiger partial charge on any atom is 0.164 e. The SMILES string of the molecule is C1=CC2Sc3ccccc3C2C=C1c1nc(-c2ccccc2)nc(-c2ccc(-c3cccc4oc5ccccc5c34)c3ccccc23)n1. The topological polar surface area (TPSA) is 51.8 Å². The van der Waals surface area contributed by atoms with Crippen LogP contribution in [0.25, 0.3) is 72.2 Å². The van der Waals surface area contributed by atoms with E-state index in [1.54, 1.807) is 0 Å². The van der Waals surface area contributed by atoms with Gasteiger partial charge in [-0.15, -0.1) is 11.8 Å². The van der Waals surface area contributed by atoms with Crippen molar-refractivity contribution in [3.8, 4) is 33.9 Å². The monoisotopic (exact) mass is 633 g/mol. The molecule has 2 atom stereocenters. The second-order valence-corrected chi connectivity index (χ2v) is 13.5. The minimum Gasteiger partial charge on any atom is -0.456 e. The average Bonchev–Trinajstić information content (AvgIpc) is 3.73. The maximum absolute atomic E-state index is 6.25. The van der Waals surface area contributed by atoms with E-state index in [1.807, 2.05) is 48.2 Å². The Morgan fingerprint density at radius 1 is 0.521 bits per heavy atom. The third kappa shape index (κ3) is 4.35. The van der Waals surface area contributed by atoms with E-state index in [2.05, 4.69) is 115 Å². The summed E-state index contributed by atoms with van der Waals surface area (Å²) in [5.41, 5.74) is 8.39. The first-order valence-corrected chi connectivity index (χ1v) is 17.1. The first-order valence-electron chi connectivity index (χ1n) is 16.2. The number of benzene rings is 6. The second-order valence-electron chi connectivity index (χ2n) is 12.3. The molecule has 0 spiro atoms. The average molecular weight is 634 g/mol. The fourth-order valence-electron chi connectivity index (χ4n) is 7.27. The fourth-order valence-corrected chi connectivity index (χ4v) is 8.59. The molecule has 3 heterocycles. The lowest BCUT2D eigenvalue weighted by Gasteiger charge is -2.19. The number of para-hydroxylation sites is 1. The van der Waals surface area contributed by atoms with Gasteiger partial charge in [0.25, 0.3) is 0 Å². The highest BCUT2D eigenvalue weighted by atomic mass is 32.2. The molecule has 48 heavy (non-hydrogen) atoms. The van der Waals surface area contributed by atoms with Gasteiger partial charge in [0.05, 0.1) is 0 Å². The normalized spacial score (nSPS) is 16.7. The molecule has 1 aliphatic carbocycles. The van der Waals surface area contributed by atoms with Crippen LogP contribution in [0, 0.1) is 0 Å². The van der Waals surface area contributed by atoms with Crippen molar-refractivity contribution in [1.82, 2.24) is 15.0 Å². The Balaban J connectivity index is 1.16. The Bertz CT molecular complexity index is 2620. The summed E-state index contributed by atoms with van der Waals surface area (Å²) in [4.78, 5) is 16.7. The second kappa shape index (κ2) is 10.9. The number of nitrogens with zero attached hydrogens (tertiary/aromatic N) is 3. The van der Waals surface area contributed by atoms with Gasteiger partial charge in [-0.05, 0) is 51.7 Å². The number of rotatable bonds is 4. The summed E-state index contributed by atoms with van der Waals surface area (Å²) in [6.45, 7) is 0. The molecule has 0 amide bonds. The Morgan fingerprint density at radius 2 is 1.21 bits per heavy atom. The first kappa shape index (κ1) is 27.3. The minimum absolute atomic E-state index is 0.286. The van der Waals surface area contributed by atoms with E-state index < -0.39 is 0 Å². The van der Waals surface area contributed by atoms with E-state index >= 15 is 0 Å². The van der Waals surface area contributed by atoms with Crippen LogP contribution in [-0.4, -0.2) is 20.2 Å². The summed E-state index contributed by atoms with van der Waals surface area (Å²) in [6.07, 6.45) is 6.83. The Hall–Kier alpha value is -5.78. The molecule has 0 N–H and O–H groups in total. The van der Waals surface area contributed by atoms with Crippen molar-refractivity contribution in [2.24, 2.45) is 0 Å². The number of aromatic nitrogens is 3. The number of hydrogen-bond acceptors (Lipinski definition) is 5. The lowest BCUT2D eigenvalue weighted by atomic mass is 9.89. The highest BCUT2D eigenvalue weighted by molar-refractivity contribution is 8.00. The lowest BCUT2D eigenvalue weighted by molar-refractivity contribution is 0.669. The van der Waals surface area contributed by atoms with Crippen molar-refractivity contribution in [3.63, 3.8) is 0 Å². The van der Waals surface area contributed by atoms with Crippen LogP contribution < -0.4 is 0 Å². The standard InChI is InChI=1S/C43H27N3OS/c1-2-11-26(12-3-1)41-44-42(27-21-24-39-35(25-27)31-15-7-9-20-38(31)48-39)46-43(45-41)33-23-22-30(28-13-4-5-14-29(28)33)32-17-10-19-37-40(32)34-16-6-8-18-36(34)47-37/h1-25,35,39H. The minimum atomic E-state index is 0.286. The predicted octanol–water partition coefficient (Wildman–Crippen LogP) is 11.1. The largest absolute Gasteiger partial charge is 0.456 e. The maximum atomic E-state index is 6.25. The third-order valence-corrected chi connectivity index (χ3v) is 10.9. The molecular formula is C43H27N3OS. The first-order chi connectivity index (χ1) is 23.8. The van der Waals surface area contributed by atoms with Crippen LogP contribution in [0.5, 0.6) is 0 Å². The van der Waals surface area contributed by atoms with Crippen LogP contribution in [-0.2, 0) is 0 Å². The molecule has 0 bridgehead atoms. The number of thioether (sulfide) groups is 1. The van der Waals surface area contributed by atoms with Gasteiger partial charge in [-0.3, -0.25) is 0 Å². The van der Waals surface area contributed by atoms with Gasteiger partial charge in [0.1, 0.15) is 11.2 Å². The van der Waals surface area contributed by atoms with Crippen molar-refractivity contribution in [2.45, 2.75) is 16.1 Å². The molecule has 1 aliphatic heterocycles. The molecule has 2 aromatic heterocycles. The summed E-state index contributed by atoms with van der Waals surface area (Å²) < 4.78 is 6.25. The molecular weight excluding hydrogens is 607 g/mol. The van der Waals surface area contributed by atoms with Crippen LogP contribution in [0.15, 0.2) is 161 Å². The molecule has 0 saturated carbocycles. The van der Waals surface area contributed by atoms with Gasteiger partial charge >= 0.3 is 0 Å². The zero-order valence-corrected chi connectivity index (χ0v) is 26.6. The predicted molar refractivity (Wildman–Crippen MR) is 197 cm³/mol. The number of allylic oxidation sites excluding steroid dienone is 3. The van der Waals surface area contributed by atoms with Gasteiger partial charge in [-0.25, -0.2) is 15.0 Å². The van der Waals surface area contributed by atoms with Crippen molar-refractivity contribution in [2.75, 3.05) is 0 Å². The van der Waals surface area contributed by atoms with E-state index in [-0.39, 0.29) is 5.92 Å². The molecule has 4 nitrogen and oxygen atoms in total. The van der Waals surface area contributed by atoms with Gasteiger partial charge in [0, 0.05) is 43.5 Å². The van der Waals surface area contributed by atoms with Crippen molar-refractivity contribution >= 4 is 50.0 Å². The van der Waals surface area contributed by atoms with Gasteiger partial charge < -0.3 is 4.42 Å². The fraction of sp³-hybridized carbons (Fsp3) is 0.0465. The summed E-state index contributed by atoms with van der Waals surface area (Å²) in [5.74, 6) is 2.29. The molecule has 8 aromatic rings. The molecule has 10 rings (SSSR count). The summed E-state index contributed by atoms with van der Waals surface area (Å²) >= 11 is 1.93. The van der Waals surface area contributed by atoms with Gasteiger partial charge in [-0.2, -0.15) is 0 Å². The van der Waals surface area contributed by atoms with Crippen molar-refractivity contribution in [1.29, 1.82) is 0 Å². The zero-order valence-electron chi connectivity index (χ0n) is 25.7. The van der Waals surface area contributed by atoms with Crippen LogP contribution in [0.1, 0.15) is 17.3 Å². The van der Waals surface area contributed by atoms with E-state index in [0.29, 0.717) is 22.7 Å². The lowest BCUT2D eigenvalue weighted by Crippen LogP contribution is -2.11. The molecule has 2 aliphatic rings. The molecule has 2 unspecified atom stereocenters. The summed E-state index contributed by atoms with van der Waals surface area (Å²) in [6, 6.07) is 46.4. The zero-order chi connectivity index (χ0) is 31.6. The number of furan rings is 1. The Kier molecular flexibility index (Phi) is 6.21. The number of hydrogen-bond donors (Lipinski definition) is 0. The molecule has 0 radical (unpaired) electrons. The highest BCUT2D eigenvalue weighted by Crippen LogP contribution is 2.49. The molecule has 0 fully saturated rings. The quantitative estimate of drug-likeness (QED) is 0.193. The van der Waals surface area contributed by atoms with Crippen LogP contribution in [0.2, 0.25) is 0 Å². The molecule has 0 saturated heterocycles. The highest BCUT2D eigenvalue weighted by Gasteiger charge is 2.32. The Morgan fingerprint density at radius 3 is 2.10 bits per heavy atom. The molecule has 5 heteroatoms. The van der Waals surface area contributed by atoms with Crippen LogP contribution in [0.3, 0.4) is 0 Å². The van der Waals surface area contributed by atoms with Gasteiger partial charge in [-0.1, -0.05) is 127 Å². The van der Waals surface area contributed by atoms with Crippen LogP contribution >= 0.6 is 11.8 Å². The van der Waals surface area contributed by atoms with E-state index in [4.69, 9.17) is 19.4 Å². The molecule has 6 aromatic carbocycles. The van der Waals surface area contributed by atoms with Crippen molar-refractivity contribution < 1.29 is 4.42 Å². The smallest absolute Gasteiger partial charge is 0.164 e. The molecule has 226 valence electrons. The van der Waals surface area contributed by atoms with Crippen molar-refractivity contribution in [3.05, 3.63) is 163 Å². The third-order valence-electron chi connectivity index (χ3n) is 9.50. The van der Waals surface area contributed by atoms with E-state index in [1.165, 1.54) is 10.5 Å². The number of fused-ring (bicyclic) bond motifs is 7.